The summed E-state index contributed by atoms with van der Waals surface area (Å²) in [5.41, 5.74) is 2.99. The van der Waals surface area contributed by atoms with Crippen molar-refractivity contribution in [2.24, 2.45) is 0 Å². The van der Waals surface area contributed by atoms with Crippen LogP contribution in [-0.4, -0.2) is 50.8 Å². The minimum Gasteiger partial charge on any atom is -0.485 e. The van der Waals surface area contributed by atoms with Crippen molar-refractivity contribution in [1.29, 1.82) is 0 Å². The maximum Gasteiger partial charge on any atom is 0.251 e. The van der Waals surface area contributed by atoms with Crippen LogP contribution in [0, 0.1) is 6.92 Å². The molecule has 2 atom stereocenters. The zero-order chi connectivity index (χ0) is 29.1. The molecule has 0 saturated carbocycles. The first-order chi connectivity index (χ1) is 18.9. The third kappa shape index (κ3) is 6.49. The van der Waals surface area contributed by atoms with E-state index in [2.05, 4.69) is 27.9 Å². The molecule has 3 N–H and O–H groups in total. The SMILES string of the molecule is CCc1ccc(S(=O)(=O)N[C@@H]2c3cc(C(=O)NCCN(CC)c4cccc(C)c4)ccc3OC(C)(C)[C@@H]2O)cc1. The van der Waals surface area contributed by atoms with Gasteiger partial charge in [0.25, 0.3) is 5.91 Å². The number of sulfonamides is 1. The van der Waals surface area contributed by atoms with E-state index in [0.717, 1.165) is 24.2 Å². The molecule has 0 saturated heterocycles. The molecule has 40 heavy (non-hydrogen) atoms. The highest BCUT2D eigenvalue weighted by Crippen LogP contribution is 2.41. The largest absolute Gasteiger partial charge is 0.485 e. The fraction of sp³-hybridized carbons (Fsp3) is 0.387. The summed E-state index contributed by atoms with van der Waals surface area (Å²) >= 11 is 0. The topological polar surface area (TPSA) is 108 Å². The van der Waals surface area contributed by atoms with Crippen LogP contribution in [0.1, 0.15) is 60.8 Å². The van der Waals surface area contributed by atoms with Gasteiger partial charge >= 0.3 is 0 Å². The average Bonchev–Trinajstić information content (AvgIpc) is 2.93. The van der Waals surface area contributed by atoms with Crippen LogP contribution in [0.5, 0.6) is 5.75 Å². The number of fused-ring (bicyclic) bond motifs is 1. The summed E-state index contributed by atoms with van der Waals surface area (Å²) < 4.78 is 35.3. The Balaban J connectivity index is 1.53. The lowest BCUT2D eigenvalue weighted by atomic mass is 9.86. The number of carbonyl (C=O) groups is 1. The molecule has 3 aromatic rings. The number of aliphatic hydroxyl groups is 1. The first-order valence-corrected chi connectivity index (χ1v) is 15.2. The van der Waals surface area contributed by atoms with Crippen LogP contribution in [0.4, 0.5) is 5.69 Å². The van der Waals surface area contributed by atoms with E-state index in [1.54, 1.807) is 56.3 Å². The summed E-state index contributed by atoms with van der Waals surface area (Å²) in [6.07, 6.45) is -0.406. The number of aryl methyl sites for hydroxylation is 2. The zero-order valence-corrected chi connectivity index (χ0v) is 24.6. The highest BCUT2D eigenvalue weighted by atomic mass is 32.2. The predicted molar refractivity (Wildman–Crippen MR) is 157 cm³/mol. The van der Waals surface area contributed by atoms with Crippen LogP contribution in [0.3, 0.4) is 0 Å². The Hall–Kier alpha value is -3.40. The van der Waals surface area contributed by atoms with Crippen molar-refractivity contribution in [1.82, 2.24) is 10.0 Å². The lowest BCUT2D eigenvalue weighted by Gasteiger charge is -2.42. The summed E-state index contributed by atoms with van der Waals surface area (Å²) in [4.78, 5) is 15.4. The van der Waals surface area contributed by atoms with Gasteiger partial charge in [-0.2, -0.15) is 0 Å². The second kappa shape index (κ2) is 12.0. The predicted octanol–water partition coefficient (Wildman–Crippen LogP) is 4.37. The number of hydrogen-bond acceptors (Lipinski definition) is 6. The van der Waals surface area contributed by atoms with Crippen LogP contribution >= 0.6 is 0 Å². The van der Waals surface area contributed by atoms with Crippen LogP contribution in [-0.2, 0) is 16.4 Å². The molecular weight excluding hydrogens is 526 g/mol. The molecule has 0 bridgehead atoms. The summed E-state index contributed by atoms with van der Waals surface area (Å²) in [6.45, 7) is 11.4. The van der Waals surface area contributed by atoms with Crippen molar-refractivity contribution in [3.63, 3.8) is 0 Å². The number of amides is 1. The van der Waals surface area contributed by atoms with E-state index in [4.69, 9.17) is 4.74 Å². The number of anilines is 1. The molecule has 1 heterocycles. The summed E-state index contributed by atoms with van der Waals surface area (Å²) in [5, 5.41) is 14.1. The number of rotatable bonds is 10. The number of likely N-dealkylation sites (N-methyl/N-ethyl adjacent to an activating group) is 1. The highest BCUT2D eigenvalue weighted by molar-refractivity contribution is 7.89. The summed E-state index contributed by atoms with van der Waals surface area (Å²) in [7, 11) is -3.97. The van der Waals surface area contributed by atoms with Crippen LogP contribution in [0.15, 0.2) is 71.6 Å². The Morgan fingerprint density at radius 1 is 1.05 bits per heavy atom. The Kier molecular flexibility index (Phi) is 8.87. The van der Waals surface area contributed by atoms with Gasteiger partial charge in [-0.3, -0.25) is 4.79 Å². The summed E-state index contributed by atoms with van der Waals surface area (Å²) in [6, 6.07) is 18.8. The average molecular weight is 566 g/mol. The van der Waals surface area contributed by atoms with Crippen LogP contribution in [0.25, 0.3) is 0 Å². The van der Waals surface area contributed by atoms with Gasteiger partial charge in [-0.25, -0.2) is 13.1 Å². The quantitative estimate of drug-likeness (QED) is 0.337. The number of hydrogen-bond donors (Lipinski definition) is 3. The third-order valence-electron chi connectivity index (χ3n) is 7.35. The van der Waals surface area contributed by atoms with E-state index in [1.807, 2.05) is 32.0 Å². The van der Waals surface area contributed by atoms with Crippen LogP contribution < -0.4 is 19.7 Å². The molecule has 4 rings (SSSR count). The Bertz CT molecular complexity index is 1450. The lowest BCUT2D eigenvalue weighted by Crippen LogP contribution is -2.53. The second-order valence-electron chi connectivity index (χ2n) is 10.7. The molecular formula is C31H39N3O5S. The van der Waals surface area contributed by atoms with Crippen molar-refractivity contribution < 1.29 is 23.1 Å². The van der Waals surface area contributed by atoms with Crippen molar-refractivity contribution in [2.45, 2.75) is 63.7 Å². The molecule has 1 amide bonds. The molecule has 1 aliphatic rings. The number of carbonyl (C=O) groups excluding carboxylic acids is 1. The fourth-order valence-electron chi connectivity index (χ4n) is 4.91. The highest BCUT2D eigenvalue weighted by Gasteiger charge is 2.44. The van der Waals surface area contributed by atoms with Crippen molar-refractivity contribution in [3.05, 3.63) is 89.0 Å². The zero-order valence-electron chi connectivity index (χ0n) is 23.8. The van der Waals surface area contributed by atoms with Crippen LogP contribution in [0.2, 0.25) is 0 Å². The second-order valence-corrected chi connectivity index (χ2v) is 12.4. The molecule has 0 radical (unpaired) electrons. The minimum atomic E-state index is -3.97. The molecule has 0 spiro atoms. The van der Waals surface area contributed by atoms with Crippen molar-refractivity contribution >= 4 is 21.6 Å². The molecule has 0 aromatic heterocycles. The van der Waals surface area contributed by atoms with E-state index < -0.39 is 27.8 Å². The van der Waals surface area contributed by atoms with E-state index in [0.29, 0.717) is 30.0 Å². The van der Waals surface area contributed by atoms with Gasteiger partial charge in [0.05, 0.1) is 10.9 Å². The molecule has 8 nitrogen and oxygen atoms in total. The molecule has 214 valence electrons. The fourth-order valence-corrected chi connectivity index (χ4v) is 6.13. The van der Waals surface area contributed by atoms with E-state index >= 15 is 0 Å². The first kappa shape index (κ1) is 29.6. The van der Waals surface area contributed by atoms with Crippen molar-refractivity contribution in [3.8, 4) is 5.75 Å². The number of nitrogens with zero attached hydrogens (tertiary/aromatic N) is 1. The van der Waals surface area contributed by atoms with Gasteiger partial charge in [0.1, 0.15) is 17.5 Å². The van der Waals surface area contributed by atoms with E-state index in [1.165, 1.54) is 5.56 Å². The maximum atomic E-state index is 13.3. The van der Waals surface area contributed by atoms with Gasteiger partial charge in [0, 0.05) is 36.4 Å². The number of nitrogens with one attached hydrogen (secondary N) is 2. The van der Waals surface area contributed by atoms with Gasteiger partial charge in [0.2, 0.25) is 10.0 Å². The van der Waals surface area contributed by atoms with E-state index in [9.17, 15) is 18.3 Å². The van der Waals surface area contributed by atoms with Gasteiger partial charge in [-0.05, 0) is 87.7 Å². The molecule has 0 unspecified atom stereocenters. The molecule has 0 aliphatic carbocycles. The molecule has 3 aromatic carbocycles. The van der Waals surface area contributed by atoms with Crippen molar-refractivity contribution in [2.75, 3.05) is 24.5 Å². The monoisotopic (exact) mass is 565 g/mol. The third-order valence-corrected chi connectivity index (χ3v) is 8.80. The smallest absolute Gasteiger partial charge is 0.251 e. The lowest BCUT2D eigenvalue weighted by molar-refractivity contribution is -0.0603. The van der Waals surface area contributed by atoms with Gasteiger partial charge in [-0.1, -0.05) is 31.2 Å². The number of aliphatic hydroxyl groups excluding tert-OH is 1. The first-order valence-electron chi connectivity index (χ1n) is 13.7. The maximum absolute atomic E-state index is 13.3. The Morgan fingerprint density at radius 2 is 1.77 bits per heavy atom. The van der Waals surface area contributed by atoms with E-state index in [-0.39, 0.29) is 10.8 Å². The molecule has 1 aliphatic heterocycles. The summed E-state index contributed by atoms with van der Waals surface area (Å²) in [5.74, 6) is 0.122. The van der Waals surface area contributed by atoms with Gasteiger partial charge < -0.3 is 20.1 Å². The standard InChI is InChI=1S/C31H39N3O5S/c1-6-22-11-14-25(15-12-22)40(37,38)33-28-26-20-23(13-16-27(26)39-31(4,5)29(28)35)30(36)32-17-18-34(7-2)24-10-8-9-21(3)19-24/h8-16,19-20,28-29,33,35H,6-7,17-18H2,1-5H3,(H,32,36)/t28-,29-/m1/s1. The Morgan fingerprint density at radius 3 is 2.42 bits per heavy atom. The van der Waals surface area contributed by atoms with Gasteiger partial charge in [-0.15, -0.1) is 0 Å². The number of benzene rings is 3. The minimum absolute atomic E-state index is 0.103. The molecule has 9 heteroatoms. The number of ether oxygens (including phenoxy) is 1. The normalized spacial score (nSPS) is 17.9. The molecule has 0 fully saturated rings. The van der Waals surface area contributed by atoms with Gasteiger partial charge in [0.15, 0.2) is 0 Å². The Labute approximate surface area is 237 Å².